The second kappa shape index (κ2) is 6.22. The van der Waals surface area contributed by atoms with Crippen LogP contribution in [0, 0.1) is 11.5 Å². The molecule has 0 aromatic carbocycles. The normalized spacial score (nSPS) is 10.2. The van der Waals surface area contributed by atoms with E-state index in [1.807, 2.05) is 0 Å². The highest BCUT2D eigenvalue weighted by atomic mass is 28.3. The minimum atomic E-state index is -1.46. The molecule has 0 bridgehead atoms. The van der Waals surface area contributed by atoms with Crippen molar-refractivity contribution >= 4 is 19.9 Å². The maximum Gasteiger partial charge on any atom is 0.411 e. The Morgan fingerprint density at radius 1 is 1.50 bits per heavy atom. The van der Waals surface area contributed by atoms with E-state index in [4.69, 9.17) is 4.74 Å². The van der Waals surface area contributed by atoms with Crippen LogP contribution in [0.5, 0.6) is 0 Å². The summed E-state index contributed by atoms with van der Waals surface area (Å²) in [5.41, 5.74) is 4.38. The summed E-state index contributed by atoms with van der Waals surface area (Å²) in [7, 11) is -1.46. The Bertz CT molecular complexity index is 484. The molecule has 0 radical (unpaired) electrons. The summed E-state index contributed by atoms with van der Waals surface area (Å²) < 4.78 is 4.83. The number of nitrogens with zero attached hydrogens (tertiary/aromatic N) is 1. The molecule has 1 N–H and O–H groups in total. The molecule has 5 heteroatoms. The molecule has 1 aromatic rings. The van der Waals surface area contributed by atoms with Gasteiger partial charge in [-0.3, -0.25) is 5.32 Å². The van der Waals surface area contributed by atoms with Crippen LogP contribution < -0.4 is 5.32 Å². The monoisotopic (exact) mass is 262 g/mol. The summed E-state index contributed by atoms with van der Waals surface area (Å²) in [6, 6.07) is 3.51. The number of nitrogens with one attached hydrogen (secondary N) is 1. The second-order valence-corrected chi connectivity index (χ2v) is 9.50. The lowest BCUT2D eigenvalue weighted by Crippen LogP contribution is -2.17. The van der Waals surface area contributed by atoms with Crippen molar-refractivity contribution in [3.63, 3.8) is 0 Å². The van der Waals surface area contributed by atoms with E-state index < -0.39 is 14.2 Å². The number of carbonyl (C=O) groups is 1. The van der Waals surface area contributed by atoms with Crippen molar-refractivity contribution in [2.75, 3.05) is 11.9 Å². The maximum absolute atomic E-state index is 11.4. The molecule has 0 aliphatic heterocycles. The second-order valence-electron chi connectivity index (χ2n) is 4.75. The van der Waals surface area contributed by atoms with E-state index >= 15 is 0 Å². The molecule has 0 aliphatic rings. The van der Waals surface area contributed by atoms with Gasteiger partial charge in [0.15, 0.2) is 0 Å². The van der Waals surface area contributed by atoms with Crippen LogP contribution in [0.15, 0.2) is 18.3 Å². The van der Waals surface area contributed by atoms with E-state index in [2.05, 4.69) is 41.4 Å². The number of hydrogen-bond acceptors (Lipinski definition) is 3. The van der Waals surface area contributed by atoms with Crippen LogP contribution in [0.4, 0.5) is 10.5 Å². The summed E-state index contributed by atoms with van der Waals surface area (Å²) in [6.45, 7) is 8.56. The van der Waals surface area contributed by atoms with Crippen LogP contribution in [0.3, 0.4) is 0 Å². The fraction of sp³-hybridized carbons (Fsp3) is 0.385. The summed E-state index contributed by atoms with van der Waals surface area (Å²) in [5.74, 6) is 3.03. The first kappa shape index (κ1) is 14.3. The molecule has 0 spiro atoms. The largest absolute Gasteiger partial charge is 0.450 e. The lowest BCUT2D eigenvalue weighted by Gasteiger charge is -2.07. The first-order chi connectivity index (χ1) is 8.42. The topological polar surface area (TPSA) is 51.2 Å². The Morgan fingerprint density at radius 3 is 2.83 bits per heavy atom. The minimum absolute atomic E-state index is 0.335. The molecule has 96 valence electrons. The Hall–Kier alpha value is -1.80. The van der Waals surface area contributed by atoms with Gasteiger partial charge in [0.1, 0.15) is 13.8 Å². The number of hydrogen-bond donors (Lipinski definition) is 1. The molecule has 4 nitrogen and oxygen atoms in total. The van der Waals surface area contributed by atoms with Crippen LogP contribution in [-0.2, 0) is 4.74 Å². The number of anilines is 1. The molecule has 0 saturated heterocycles. The average Bonchev–Trinajstić information content (AvgIpc) is 2.27. The SMILES string of the molecule is CCOC(=O)Nc1cccnc1C#C[Si](C)(C)C. The third kappa shape index (κ3) is 5.02. The third-order valence-electron chi connectivity index (χ3n) is 1.88. The smallest absolute Gasteiger partial charge is 0.411 e. The standard InChI is InChI=1S/C13H18N2O2Si/c1-5-17-13(16)15-12-7-6-9-14-11(12)8-10-18(2,3)4/h6-7,9H,5H2,1-4H3,(H,15,16). The summed E-state index contributed by atoms with van der Waals surface area (Å²) in [4.78, 5) is 15.5. The molecule has 1 amide bonds. The van der Waals surface area contributed by atoms with E-state index in [0.717, 1.165) is 0 Å². The summed E-state index contributed by atoms with van der Waals surface area (Å²) in [5, 5.41) is 2.64. The molecule has 18 heavy (non-hydrogen) atoms. The van der Waals surface area contributed by atoms with Crippen LogP contribution in [0.25, 0.3) is 0 Å². The number of carbonyl (C=O) groups excluding carboxylic acids is 1. The van der Waals surface area contributed by atoms with Gasteiger partial charge in [0.05, 0.1) is 12.3 Å². The Kier molecular flexibility index (Phi) is 4.92. The molecule has 1 heterocycles. The van der Waals surface area contributed by atoms with Gasteiger partial charge in [0.25, 0.3) is 0 Å². The quantitative estimate of drug-likeness (QED) is 0.658. The van der Waals surface area contributed by atoms with Gasteiger partial charge in [-0.25, -0.2) is 9.78 Å². The first-order valence-electron chi connectivity index (χ1n) is 5.84. The molecule has 0 atom stereocenters. The fourth-order valence-electron chi connectivity index (χ4n) is 1.13. The van der Waals surface area contributed by atoms with Crippen LogP contribution in [-0.4, -0.2) is 25.8 Å². The fourth-order valence-corrected chi connectivity index (χ4v) is 1.62. The number of pyridine rings is 1. The number of amides is 1. The van der Waals surface area contributed by atoms with Crippen molar-refractivity contribution in [1.82, 2.24) is 4.98 Å². The third-order valence-corrected chi connectivity index (χ3v) is 2.75. The van der Waals surface area contributed by atoms with Gasteiger partial charge in [-0.15, -0.1) is 5.54 Å². The van der Waals surface area contributed by atoms with Crippen molar-refractivity contribution in [3.05, 3.63) is 24.0 Å². The summed E-state index contributed by atoms with van der Waals surface area (Å²) >= 11 is 0. The zero-order valence-electron chi connectivity index (χ0n) is 11.2. The van der Waals surface area contributed by atoms with E-state index in [1.165, 1.54) is 0 Å². The Labute approximate surface area is 109 Å². The van der Waals surface area contributed by atoms with Crippen LogP contribution in [0.2, 0.25) is 19.6 Å². The van der Waals surface area contributed by atoms with Crippen molar-refractivity contribution in [2.45, 2.75) is 26.6 Å². The van der Waals surface area contributed by atoms with Gasteiger partial charge in [0, 0.05) is 6.20 Å². The zero-order valence-corrected chi connectivity index (χ0v) is 12.2. The van der Waals surface area contributed by atoms with E-state index in [9.17, 15) is 4.79 Å². The average molecular weight is 262 g/mol. The van der Waals surface area contributed by atoms with Gasteiger partial charge >= 0.3 is 6.09 Å². The number of ether oxygens (including phenoxy) is 1. The van der Waals surface area contributed by atoms with Gasteiger partial charge in [0.2, 0.25) is 0 Å². The van der Waals surface area contributed by atoms with Gasteiger partial charge in [-0.2, -0.15) is 0 Å². The van der Waals surface area contributed by atoms with E-state index in [0.29, 0.717) is 18.0 Å². The molecule has 0 fully saturated rings. The molecule has 0 unspecified atom stereocenters. The molecular formula is C13H18N2O2Si. The maximum atomic E-state index is 11.4. The predicted molar refractivity (Wildman–Crippen MR) is 75.1 cm³/mol. The van der Waals surface area contributed by atoms with Crippen molar-refractivity contribution < 1.29 is 9.53 Å². The lowest BCUT2D eigenvalue weighted by atomic mass is 10.3. The van der Waals surface area contributed by atoms with Crippen LogP contribution >= 0.6 is 0 Å². The van der Waals surface area contributed by atoms with Crippen LogP contribution in [0.1, 0.15) is 12.6 Å². The highest BCUT2D eigenvalue weighted by Crippen LogP contribution is 2.11. The van der Waals surface area contributed by atoms with E-state index in [1.54, 1.807) is 25.3 Å². The van der Waals surface area contributed by atoms with Gasteiger partial charge in [-0.1, -0.05) is 25.6 Å². The molecule has 0 saturated carbocycles. The van der Waals surface area contributed by atoms with Gasteiger partial charge < -0.3 is 4.74 Å². The van der Waals surface area contributed by atoms with Crippen molar-refractivity contribution in [1.29, 1.82) is 0 Å². The lowest BCUT2D eigenvalue weighted by molar-refractivity contribution is 0.168. The first-order valence-corrected chi connectivity index (χ1v) is 9.34. The summed E-state index contributed by atoms with van der Waals surface area (Å²) in [6.07, 6.45) is 1.17. The Morgan fingerprint density at radius 2 is 2.22 bits per heavy atom. The molecule has 1 aromatic heterocycles. The highest BCUT2D eigenvalue weighted by Gasteiger charge is 2.09. The number of aromatic nitrogens is 1. The van der Waals surface area contributed by atoms with E-state index in [-0.39, 0.29) is 0 Å². The highest BCUT2D eigenvalue weighted by molar-refractivity contribution is 6.83. The minimum Gasteiger partial charge on any atom is -0.450 e. The Balaban J connectivity index is 2.92. The molecule has 1 rings (SSSR count). The number of rotatable bonds is 2. The molecule has 0 aliphatic carbocycles. The molecular weight excluding hydrogens is 244 g/mol. The van der Waals surface area contributed by atoms with Gasteiger partial charge in [-0.05, 0) is 19.1 Å². The predicted octanol–water partition coefficient (Wildman–Crippen LogP) is 2.88. The van der Waals surface area contributed by atoms with Crippen molar-refractivity contribution in [3.8, 4) is 11.5 Å². The van der Waals surface area contributed by atoms with Crippen molar-refractivity contribution in [2.24, 2.45) is 0 Å². The zero-order chi connectivity index (χ0) is 13.6.